The van der Waals surface area contributed by atoms with Crippen molar-refractivity contribution in [2.24, 2.45) is 11.8 Å². The number of rotatable bonds is 5. The van der Waals surface area contributed by atoms with Crippen LogP contribution in [0, 0.1) is 18.8 Å². The second-order valence-corrected chi connectivity index (χ2v) is 7.92. The molecule has 1 aromatic rings. The molecule has 0 radical (unpaired) electrons. The van der Waals surface area contributed by atoms with Crippen molar-refractivity contribution in [1.82, 2.24) is 15.6 Å². The Hall–Kier alpha value is -0.940. The maximum Gasteiger partial charge on any atom is 0.221 e. The molecule has 2 aliphatic rings. The Kier molecular flexibility index (Phi) is 4.83. The number of hydrogen-bond donors (Lipinski definition) is 2. The summed E-state index contributed by atoms with van der Waals surface area (Å²) in [7, 11) is 0. The fraction of sp³-hybridized carbons (Fsp3) is 0.765. The number of aromatic nitrogens is 1. The quantitative estimate of drug-likeness (QED) is 0.876. The van der Waals surface area contributed by atoms with Crippen LogP contribution >= 0.6 is 11.3 Å². The third-order valence-corrected chi connectivity index (χ3v) is 6.43. The standard InChI is InChI=1S/C17H27N3OS/c1-12(14-5-3-8-18-10-14)9-15(21)20-17(6-4-7-17)16-19-13(2)11-22-16/h11-12,14,18H,3-10H2,1-2H3,(H,20,21). The Labute approximate surface area is 137 Å². The van der Waals surface area contributed by atoms with E-state index in [1.54, 1.807) is 11.3 Å². The van der Waals surface area contributed by atoms with Crippen molar-refractivity contribution in [3.05, 3.63) is 16.1 Å². The number of nitrogens with zero attached hydrogens (tertiary/aromatic N) is 1. The van der Waals surface area contributed by atoms with E-state index in [0.717, 1.165) is 36.6 Å². The molecule has 4 nitrogen and oxygen atoms in total. The lowest BCUT2D eigenvalue weighted by Gasteiger charge is -2.41. The maximum absolute atomic E-state index is 12.5. The Morgan fingerprint density at radius 2 is 2.36 bits per heavy atom. The van der Waals surface area contributed by atoms with Gasteiger partial charge in [0.25, 0.3) is 0 Å². The molecule has 0 aromatic carbocycles. The molecular weight excluding hydrogens is 294 g/mol. The van der Waals surface area contributed by atoms with Crippen molar-refractivity contribution >= 4 is 17.2 Å². The first-order valence-electron chi connectivity index (χ1n) is 8.53. The highest BCUT2D eigenvalue weighted by atomic mass is 32.1. The highest BCUT2D eigenvalue weighted by Crippen LogP contribution is 2.42. The van der Waals surface area contributed by atoms with E-state index in [9.17, 15) is 4.79 Å². The number of carbonyl (C=O) groups excluding carboxylic acids is 1. The molecule has 0 bridgehead atoms. The van der Waals surface area contributed by atoms with Gasteiger partial charge in [0.05, 0.1) is 5.54 Å². The summed E-state index contributed by atoms with van der Waals surface area (Å²) in [5.74, 6) is 1.28. The molecule has 1 aromatic heterocycles. The third kappa shape index (κ3) is 3.35. The minimum atomic E-state index is -0.166. The minimum absolute atomic E-state index is 0.166. The summed E-state index contributed by atoms with van der Waals surface area (Å²) in [6.45, 7) is 6.43. The normalized spacial score (nSPS) is 25.3. The molecular formula is C17H27N3OS. The van der Waals surface area contributed by atoms with E-state index >= 15 is 0 Å². The first-order valence-corrected chi connectivity index (χ1v) is 9.41. The molecule has 5 heteroatoms. The molecule has 2 atom stereocenters. The molecule has 2 N–H and O–H groups in total. The largest absolute Gasteiger partial charge is 0.344 e. The lowest BCUT2D eigenvalue weighted by molar-refractivity contribution is -0.125. The summed E-state index contributed by atoms with van der Waals surface area (Å²) in [6, 6.07) is 0. The van der Waals surface area contributed by atoms with Gasteiger partial charge in [0.15, 0.2) is 0 Å². The molecule has 0 spiro atoms. The summed E-state index contributed by atoms with van der Waals surface area (Å²) in [6.07, 6.45) is 6.37. The maximum atomic E-state index is 12.5. The summed E-state index contributed by atoms with van der Waals surface area (Å²) in [5, 5.41) is 9.94. The van der Waals surface area contributed by atoms with Gasteiger partial charge in [0.2, 0.25) is 5.91 Å². The van der Waals surface area contributed by atoms with Crippen molar-refractivity contribution in [1.29, 1.82) is 0 Å². The van der Waals surface area contributed by atoms with Gasteiger partial charge in [-0.15, -0.1) is 11.3 Å². The van der Waals surface area contributed by atoms with Crippen LogP contribution in [0.25, 0.3) is 0 Å². The average molecular weight is 321 g/mol. The molecule has 2 heterocycles. The van der Waals surface area contributed by atoms with Gasteiger partial charge in [-0.25, -0.2) is 4.98 Å². The summed E-state index contributed by atoms with van der Waals surface area (Å²) >= 11 is 1.69. The zero-order chi connectivity index (χ0) is 15.6. The molecule has 22 heavy (non-hydrogen) atoms. The Morgan fingerprint density at radius 3 is 2.91 bits per heavy atom. The van der Waals surface area contributed by atoms with E-state index in [0.29, 0.717) is 18.3 Å². The molecule has 1 amide bonds. The van der Waals surface area contributed by atoms with Crippen LogP contribution in [0.5, 0.6) is 0 Å². The number of hydrogen-bond acceptors (Lipinski definition) is 4. The Bertz CT molecular complexity index is 518. The fourth-order valence-corrected chi connectivity index (χ4v) is 4.65. The van der Waals surface area contributed by atoms with Crippen LogP contribution in [0.1, 0.15) is 56.2 Å². The molecule has 122 valence electrons. The van der Waals surface area contributed by atoms with Gasteiger partial charge in [-0.3, -0.25) is 4.79 Å². The summed E-state index contributed by atoms with van der Waals surface area (Å²) in [5.41, 5.74) is 0.891. The van der Waals surface area contributed by atoms with Gasteiger partial charge in [-0.2, -0.15) is 0 Å². The topological polar surface area (TPSA) is 54.0 Å². The van der Waals surface area contributed by atoms with Crippen molar-refractivity contribution < 1.29 is 4.79 Å². The van der Waals surface area contributed by atoms with E-state index < -0.39 is 0 Å². The van der Waals surface area contributed by atoms with Crippen molar-refractivity contribution in [2.45, 2.75) is 57.9 Å². The van der Waals surface area contributed by atoms with E-state index in [4.69, 9.17) is 0 Å². The van der Waals surface area contributed by atoms with Crippen LogP contribution in [0.15, 0.2) is 5.38 Å². The zero-order valence-electron chi connectivity index (χ0n) is 13.7. The van der Waals surface area contributed by atoms with Gasteiger partial charge in [-0.1, -0.05) is 6.92 Å². The third-order valence-electron chi connectivity index (χ3n) is 5.26. The molecule has 1 saturated heterocycles. The highest BCUT2D eigenvalue weighted by molar-refractivity contribution is 7.09. The van der Waals surface area contributed by atoms with E-state index in [-0.39, 0.29) is 11.4 Å². The van der Waals surface area contributed by atoms with Crippen LogP contribution in [-0.4, -0.2) is 24.0 Å². The number of thiazole rings is 1. The predicted octanol–water partition coefficient (Wildman–Crippen LogP) is 2.97. The second-order valence-electron chi connectivity index (χ2n) is 7.07. The van der Waals surface area contributed by atoms with Crippen molar-refractivity contribution in [3.8, 4) is 0 Å². The molecule has 1 aliphatic carbocycles. The van der Waals surface area contributed by atoms with Crippen LogP contribution in [0.4, 0.5) is 0 Å². The Balaban J connectivity index is 1.58. The van der Waals surface area contributed by atoms with Crippen LogP contribution in [-0.2, 0) is 10.3 Å². The first kappa shape index (κ1) is 15.9. The smallest absolute Gasteiger partial charge is 0.221 e. The van der Waals surface area contributed by atoms with Crippen LogP contribution in [0.3, 0.4) is 0 Å². The number of amides is 1. The molecule has 2 fully saturated rings. The van der Waals surface area contributed by atoms with Crippen LogP contribution in [0.2, 0.25) is 0 Å². The van der Waals surface area contributed by atoms with E-state index in [1.807, 2.05) is 6.92 Å². The SMILES string of the molecule is Cc1csc(C2(NC(=O)CC(C)C3CCCNC3)CCC2)n1. The molecule has 1 saturated carbocycles. The number of piperidine rings is 1. The van der Waals surface area contributed by atoms with Gasteiger partial charge < -0.3 is 10.6 Å². The van der Waals surface area contributed by atoms with Gasteiger partial charge in [0, 0.05) is 17.5 Å². The number of carbonyl (C=O) groups is 1. The first-order chi connectivity index (χ1) is 10.6. The van der Waals surface area contributed by atoms with Crippen LogP contribution < -0.4 is 10.6 Å². The second kappa shape index (κ2) is 6.67. The molecule has 3 rings (SSSR count). The number of aryl methyl sites for hydroxylation is 1. The average Bonchev–Trinajstić information content (AvgIpc) is 2.90. The Morgan fingerprint density at radius 1 is 1.55 bits per heavy atom. The lowest BCUT2D eigenvalue weighted by atomic mass is 9.76. The van der Waals surface area contributed by atoms with E-state index in [1.165, 1.54) is 19.3 Å². The lowest BCUT2D eigenvalue weighted by Crippen LogP contribution is -2.51. The zero-order valence-corrected chi connectivity index (χ0v) is 14.5. The van der Waals surface area contributed by atoms with E-state index in [2.05, 4.69) is 27.9 Å². The van der Waals surface area contributed by atoms with Gasteiger partial charge >= 0.3 is 0 Å². The molecule has 1 aliphatic heterocycles. The number of nitrogens with one attached hydrogen (secondary N) is 2. The summed E-state index contributed by atoms with van der Waals surface area (Å²) < 4.78 is 0. The van der Waals surface area contributed by atoms with Gasteiger partial charge in [0.1, 0.15) is 5.01 Å². The van der Waals surface area contributed by atoms with Crippen molar-refractivity contribution in [2.75, 3.05) is 13.1 Å². The van der Waals surface area contributed by atoms with Gasteiger partial charge in [-0.05, 0) is 64.0 Å². The summed E-state index contributed by atoms with van der Waals surface area (Å²) in [4.78, 5) is 17.2. The fourth-order valence-electron chi connectivity index (χ4n) is 3.64. The monoisotopic (exact) mass is 321 g/mol. The molecule has 2 unspecified atom stereocenters. The van der Waals surface area contributed by atoms with Crippen molar-refractivity contribution in [3.63, 3.8) is 0 Å². The highest BCUT2D eigenvalue weighted by Gasteiger charge is 2.42. The minimum Gasteiger partial charge on any atom is -0.344 e. The predicted molar refractivity (Wildman–Crippen MR) is 89.9 cm³/mol.